The summed E-state index contributed by atoms with van der Waals surface area (Å²) in [4.78, 5) is 17.9. The molecule has 6 nitrogen and oxygen atoms in total. The molecule has 0 amide bonds. The molecule has 1 aliphatic heterocycles. The normalized spacial score (nSPS) is 17.5. The minimum atomic E-state index is -0.919. The molecule has 1 unspecified atom stereocenters. The molecular weight excluding hydrogens is 361 g/mol. The molecule has 0 radical (unpaired) electrons. The van der Waals surface area contributed by atoms with E-state index in [1.54, 1.807) is 30.3 Å². The van der Waals surface area contributed by atoms with Crippen molar-refractivity contribution in [1.29, 1.82) is 0 Å². The molecule has 144 valence electrons. The molecule has 2 aromatic carbocycles. The van der Waals surface area contributed by atoms with Gasteiger partial charge in [-0.05, 0) is 61.3 Å². The van der Waals surface area contributed by atoms with E-state index < -0.39 is 5.97 Å². The molecule has 0 saturated carbocycles. The third-order valence-corrected chi connectivity index (χ3v) is 4.98. The van der Waals surface area contributed by atoms with Gasteiger partial charge in [0.2, 0.25) is 11.7 Å². The summed E-state index contributed by atoms with van der Waals surface area (Å²) in [7, 11) is 0. The standard InChI is InChI=1S/C21H20FN3O3/c22-18-8-6-15(7-9-18)19-23-20(28-24-19)17-5-2-10-25(13-17)12-14-3-1-4-16(11-14)21(26)27/h1,3-4,6-9,11,17H,2,5,10,12-13H2,(H,26,27). The van der Waals surface area contributed by atoms with Crippen LogP contribution in [0.5, 0.6) is 0 Å². The van der Waals surface area contributed by atoms with E-state index in [-0.39, 0.29) is 11.7 Å². The number of hydrogen-bond donors (Lipinski definition) is 1. The third kappa shape index (κ3) is 4.09. The molecule has 28 heavy (non-hydrogen) atoms. The lowest BCUT2D eigenvalue weighted by Gasteiger charge is -2.31. The van der Waals surface area contributed by atoms with Crippen molar-refractivity contribution in [1.82, 2.24) is 15.0 Å². The maximum absolute atomic E-state index is 13.1. The predicted molar refractivity (Wildman–Crippen MR) is 100 cm³/mol. The molecule has 1 N–H and O–H groups in total. The zero-order valence-electron chi connectivity index (χ0n) is 15.2. The van der Waals surface area contributed by atoms with E-state index in [9.17, 15) is 9.18 Å². The first-order valence-corrected chi connectivity index (χ1v) is 9.22. The Morgan fingerprint density at radius 2 is 2.07 bits per heavy atom. The zero-order chi connectivity index (χ0) is 19.5. The number of likely N-dealkylation sites (tertiary alicyclic amines) is 1. The summed E-state index contributed by atoms with van der Waals surface area (Å²) < 4.78 is 18.6. The van der Waals surface area contributed by atoms with Gasteiger partial charge in [-0.1, -0.05) is 17.3 Å². The fourth-order valence-corrected chi connectivity index (χ4v) is 3.58. The molecular formula is C21H20FN3O3. The molecule has 1 aliphatic rings. The molecule has 7 heteroatoms. The van der Waals surface area contributed by atoms with Gasteiger partial charge in [-0.3, -0.25) is 4.90 Å². The topological polar surface area (TPSA) is 79.5 Å². The molecule has 1 atom stereocenters. The van der Waals surface area contributed by atoms with E-state index in [2.05, 4.69) is 15.0 Å². The third-order valence-electron chi connectivity index (χ3n) is 4.98. The van der Waals surface area contributed by atoms with Gasteiger partial charge in [-0.25, -0.2) is 9.18 Å². The van der Waals surface area contributed by atoms with Gasteiger partial charge < -0.3 is 9.63 Å². The summed E-state index contributed by atoms with van der Waals surface area (Å²) >= 11 is 0. The quantitative estimate of drug-likeness (QED) is 0.721. The number of carbonyl (C=O) groups is 1. The minimum Gasteiger partial charge on any atom is -0.478 e. The molecule has 3 aromatic rings. The number of nitrogens with zero attached hydrogens (tertiary/aromatic N) is 3. The van der Waals surface area contributed by atoms with Crippen LogP contribution in [0.2, 0.25) is 0 Å². The molecule has 4 rings (SSSR count). The van der Waals surface area contributed by atoms with Crippen LogP contribution in [-0.4, -0.2) is 39.2 Å². The van der Waals surface area contributed by atoms with Gasteiger partial charge in [-0.15, -0.1) is 0 Å². The second-order valence-corrected chi connectivity index (χ2v) is 7.04. The van der Waals surface area contributed by atoms with Crippen LogP contribution in [0.15, 0.2) is 53.1 Å². The Bertz CT molecular complexity index is 971. The van der Waals surface area contributed by atoms with Gasteiger partial charge in [-0.2, -0.15) is 4.98 Å². The Labute approximate surface area is 161 Å². The van der Waals surface area contributed by atoms with Crippen molar-refractivity contribution in [2.45, 2.75) is 25.3 Å². The lowest BCUT2D eigenvalue weighted by atomic mass is 9.97. The number of hydrogen-bond acceptors (Lipinski definition) is 5. The van der Waals surface area contributed by atoms with Crippen LogP contribution < -0.4 is 0 Å². The Hall–Kier alpha value is -3.06. The maximum atomic E-state index is 13.1. The minimum absolute atomic E-state index is 0.123. The van der Waals surface area contributed by atoms with Crippen molar-refractivity contribution in [3.8, 4) is 11.4 Å². The molecule has 1 saturated heterocycles. The molecule has 0 bridgehead atoms. The number of piperidine rings is 1. The van der Waals surface area contributed by atoms with Crippen LogP contribution in [0.1, 0.15) is 40.6 Å². The van der Waals surface area contributed by atoms with E-state index in [0.29, 0.717) is 23.8 Å². The summed E-state index contributed by atoms with van der Waals surface area (Å²) in [5.74, 6) is -0.0531. The van der Waals surface area contributed by atoms with Crippen molar-refractivity contribution in [3.63, 3.8) is 0 Å². The van der Waals surface area contributed by atoms with Crippen LogP contribution >= 0.6 is 0 Å². The van der Waals surface area contributed by atoms with E-state index >= 15 is 0 Å². The largest absolute Gasteiger partial charge is 0.478 e. The molecule has 1 fully saturated rings. The number of carboxylic acids is 1. The summed E-state index contributed by atoms with van der Waals surface area (Å²) in [6, 6.07) is 13.0. The van der Waals surface area contributed by atoms with E-state index in [0.717, 1.165) is 37.1 Å². The average Bonchev–Trinajstić information content (AvgIpc) is 3.19. The van der Waals surface area contributed by atoms with Crippen LogP contribution in [-0.2, 0) is 6.54 Å². The second kappa shape index (κ2) is 7.90. The predicted octanol–water partition coefficient (Wildman–Crippen LogP) is 3.95. The van der Waals surface area contributed by atoms with Gasteiger partial charge in [0, 0.05) is 18.7 Å². The van der Waals surface area contributed by atoms with Gasteiger partial charge in [0.05, 0.1) is 11.5 Å². The number of benzene rings is 2. The summed E-state index contributed by atoms with van der Waals surface area (Å²) in [5.41, 5.74) is 1.99. The zero-order valence-corrected chi connectivity index (χ0v) is 15.2. The number of carboxylic acid groups (broad SMARTS) is 1. The highest BCUT2D eigenvalue weighted by molar-refractivity contribution is 5.87. The smallest absolute Gasteiger partial charge is 0.335 e. The monoisotopic (exact) mass is 381 g/mol. The fourth-order valence-electron chi connectivity index (χ4n) is 3.58. The summed E-state index contributed by atoms with van der Waals surface area (Å²) in [5, 5.41) is 13.2. The Balaban J connectivity index is 1.45. The van der Waals surface area contributed by atoms with Crippen molar-refractivity contribution in [3.05, 3.63) is 71.4 Å². The molecule has 1 aromatic heterocycles. The summed E-state index contributed by atoms with van der Waals surface area (Å²) in [6.45, 7) is 2.38. The van der Waals surface area contributed by atoms with E-state index in [4.69, 9.17) is 9.63 Å². The number of rotatable bonds is 5. The highest BCUT2D eigenvalue weighted by atomic mass is 19.1. The number of aromatic carboxylic acids is 1. The van der Waals surface area contributed by atoms with Crippen LogP contribution in [0.3, 0.4) is 0 Å². The number of halogens is 1. The average molecular weight is 381 g/mol. The second-order valence-electron chi connectivity index (χ2n) is 7.04. The maximum Gasteiger partial charge on any atom is 0.335 e. The van der Waals surface area contributed by atoms with Gasteiger partial charge in [0.15, 0.2) is 0 Å². The summed E-state index contributed by atoms with van der Waals surface area (Å²) in [6.07, 6.45) is 1.95. The molecule has 2 heterocycles. The van der Waals surface area contributed by atoms with Crippen LogP contribution in [0, 0.1) is 5.82 Å². The lowest BCUT2D eigenvalue weighted by molar-refractivity contribution is 0.0696. The van der Waals surface area contributed by atoms with Gasteiger partial charge >= 0.3 is 5.97 Å². The van der Waals surface area contributed by atoms with Gasteiger partial charge in [0.1, 0.15) is 5.82 Å². The van der Waals surface area contributed by atoms with E-state index in [1.807, 2.05) is 6.07 Å². The van der Waals surface area contributed by atoms with Crippen molar-refractivity contribution in [2.24, 2.45) is 0 Å². The highest BCUT2D eigenvalue weighted by Gasteiger charge is 2.26. The fraction of sp³-hybridized carbons (Fsp3) is 0.286. The van der Waals surface area contributed by atoms with Gasteiger partial charge in [0.25, 0.3) is 0 Å². The van der Waals surface area contributed by atoms with E-state index in [1.165, 1.54) is 12.1 Å². The Kier molecular flexibility index (Phi) is 5.16. The number of aromatic nitrogens is 2. The molecule has 0 spiro atoms. The van der Waals surface area contributed by atoms with Crippen LogP contribution in [0.25, 0.3) is 11.4 Å². The SMILES string of the molecule is O=C(O)c1cccc(CN2CCCC(c3nc(-c4ccc(F)cc4)no3)C2)c1. The van der Waals surface area contributed by atoms with Crippen molar-refractivity contribution >= 4 is 5.97 Å². The Morgan fingerprint density at radius 3 is 2.86 bits per heavy atom. The molecule has 0 aliphatic carbocycles. The van der Waals surface area contributed by atoms with Crippen molar-refractivity contribution in [2.75, 3.05) is 13.1 Å². The van der Waals surface area contributed by atoms with Crippen molar-refractivity contribution < 1.29 is 18.8 Å². The van der Waals surface area contributed by atoms with Crippen LogP contribution in [0.4, 0.5) is 4.39 Å². The first-order valence-electron chi connectivity index (χ1n) is 9.22. The highest BCUT2D eigenvalue weighted by Crippen LogP contribution is 2.28. The first-order chi connectivity index (χ1) is 13.6. The Morgan fingerprint density at radius 1 is 1.25 bits per heavy atom. The lowest BCUT2D eigenvalue weighted by Crippen LogP contribution is -2.34. The first kappa shape index (κ1) is 18.3.